The van der Waals surface area contributed by atoms with Gasteiger partial charge in [-0.15, -0.1) is 5.10 Å². The molecule has 0 radical (unpaired) electrons. The van der Waals surface area contributed by atoms with E-state index in [-0.39, 0.29) is 30.4 Å². The number of aryl methyl sites for hydroxylation is 1. The number of aromatic nitrogens is 3. The lowest BCUT2D eigenvalue weighted by Crippen LogP contribution is -2.56. The molecule has 1 aliphatic rings. The van der Waals surface area contributed by atoms with Crippen LogP contribution in [0.2, 0.25) is 0 Å². The summed E-state index contributed by atoms with van der Waals surface area (Å²) >= 11 is 0. The van der Waals surface area contributed by atoms with Crippen LogP contribution in [0.4, 0.5) is 13.2 Å². The van der Waals surface area contributed by atoms with Crippen molar-refractivity contribution in [2.75, 3.05) is 20.2 Å². The smallest absolute Gasteiger partial charge is 0.421 e. The fourth-order valence-electron chi connectivity index (χ4n) is 2.47. The van der Waals surface area contributed by atoms with E-state index in [0.29, 0.717) is 0 Å². The first kappa shape index (κ1) is 17.1. The molecule has 0 spiro atoms. The summed E-state index contributed by atoms with van der Waals surface area (Å²) in [5, 5.41) is 4.00. The first-order valence-corrected chi connectivity index (χ1v) is 7.35. The number of halogens is 3. The van der Waals surface area contributed by atoms with Crippen molar-refractivity contribution in [1.29, 1.82) is 0 Å². The molecule has 0 atom stereocenters. The number of carbonyl (C=O) groups is 1. The number of hydrogen-bond donors (Lipinski definition) is 0. The first-order chi connectivity index (χ1) is 11.8. The average Bonchev–Trinajstić information content (AvgIpc) is 2.90. The van der Waals surface area contributed by atoms with E-state index < -0.39 is 23.7 Å². The van der Waals surface area contributed by atoms with Crippen molar-refractivity contribution < 1.29 is 27.4 Å². The lowest BCUT2D eigenvalue weighted by molar-refractivity contribution is -0.140. The number of rotatable bonds is 4. The van der Waals surface area contributed by atoms with Crippen molar-refractivity contribution in [3.05, 3.63) is 35.7 Å². The average molecular weight is 356 g/mol. The Morgan fingerprint density at radius 2 is 2.04 bits per heavy atom. The van der Waals surface area contributed by atoms with Crippen LogP contribution in [-0.4, -0.2) is 51.9 Å². The number of amides is 1. The zero-order valence-corrected chi connectivity index (χ0v) is 13.4. The summed E-state index contributed by atoms with van der Waals surface area (Å²) in [7, 11) is 3.06. The monoisotopic (exact) mass is 356 g/mol. The van der Waals surface area contributed by atoms with Gasteiger partial charge in [-0.05, 0) is 12.1 Å². The van der Waals surface area contributed by atoms with Gasteiger partial charge in [-0.1, -0.05) is 0 Å². The summed E-state index contributed by atoms with van der Waals surface area (Å²) in [6, 6.07) is 2.10. The molecule has 1 saturated heterocycles. The molecule has 2 aromatic rings. The second-order valence-corrected chi connectivity index (χ2v) is 5.53. The summed E-state index contributed by atoms with van der Waals surface area (Å²) in [5.41, 5.74) is -0.647. The Labute approximate surface area is 141 Å². The third kappa shape index (κ3) is 3.37. The van der Waals surface area contributed by atoms with Crippen LogP contribution in [0.1, 0.15) is 15.9 Å². The van der Waals surface area contributed by atoms with Gasteiger partial charge in [0.05, 0.1) is 20.2 Å². The molecule has 0 aromatic carbocycles. The van der Waals surface area contributed by atoms with E-state index in [1.807, 2.05) is 0 Å². The molecular formula is C15H15F3N4O3. The minimum Gasteiger partial charge on any atom is -0.479 e. The number of ether oxygens (including phenoxy) is 2. The molecule has 10 heteroatoms. The molecule has 0 bridgehead atoms. The highest BCUT2D eigenvalue weighted by Crippen LogP contribution is 2.35. The highest BCUT2D eigenvalue weighted by atomic mass is 19.4. The zero-order chi connectivity index (χ0) is 18.2. The maximum atomic E-state index is 12.9. The van der Waals surface area contributed by atoms with Gasteiger partial charge in [0, 0.05) is 19.4 Å². The fraction of sp³-hybridized carbons (Fsp3) is 0.400. The highest BCUT2D eigenvalue weighted by molar-refractivity contribution is 5.96. The quantitative estimate of drug-likeness (QED) is 0.835. The first-order valence-electron chi connectivity index (χ1n) is 7.35. The molecule has 25 heavy (non-hydrogen) atoms. The van der Waals surface area contributed by atoms with E-state index in [4.69, 9.17) is 9.47 Å². The molecule has 1 aliphatic heterocycles. The van der Waals surface area contributed by atoms with Crippen LogP contribution in [0, 0.1) is 0 Å². The highest BCUT2D eigenvalue weighted by Gasteiger charge is 2.39. The topological polar surface area (TPSA) is 69.5 Å². The number of pyridine rings is 1. The van der Waals surface area contributed by atoms with Crippen molar-refractivity contribution >= 4 is 5.91 Å². The summed E-state index contributed by atoms with van der Waals surface area (Å²) < 4.78 is 50.6. The predicted molar refractivity (Wildman–Crippen MR) is 79.3 cm³/mol. The molecule has 0 unspecified atom stereocenters. The Bertz CT molecular complexity index is 785. The van der Waals surface area contributed by atoms with Crippen LogP contribution in [0.3, 0.4) is 0 Å². The van der Waals surface area contributed by atoms with Gasteiger partial charge < -0.3 is 14.4 Å². The Balaban J connectivity index is 1.65. The van der Waals surface area contributed by atoms with Gasteiger partial charge in [0.15, 0.2) is 0 Å². The molecule has 0 aliphatic carbocycles. The van der Waals surface area contributed by atoms with E-state index in [0.717, 1.165) is 6.07 Å². The molecule has 134 valence electrons. The zero-order valence-electron chi connectivity index (χ0n) is 13.4. The van der Waals surface area contributed by atoms with Gasteiger partial charge in [-0.25, -0.2) is 4.98 Å². The van der Waals surface area contributed by atoms with Crippen molar-refractivity contribution in [3.8, 4) is 11.8 Å². The Morgan fingerprint density at radius 3 is 2.68 bits per heavy atom. The van der Waals surface area contributed by atoms with Gasteiger partial charge in [-0.2, -0.15) is 13.2 Å². The molecule has 0 saturated carbocycles. The van der Waals surface area contributed by atoms with Gasteiger partial charge in [0.25, 0.3) is 5.91 Å². The van der Waals surface area contributed by atoms with E-state index in [2.05, 4.69) is 10.1 Å². The summed E-state index contributed by atoms with van der Waals surface area (Å²) in [5.74, 6) is -0.603. The molecule has 3 heterocycles. The van der Waals surface area contributed by atoms with Gasteiger partial charge in [0.1, 0.15) is 17.2 Å². The number of nitrogens with zero attached hydrogens (tertiary/aromatic N) is 4. The van der Waals surface area contributed by atoms with E-state index in [1.54, 1.807) is 7.05 Å². The third-order valence-electron chi connectivity index (χ3n) is 3.71. The predicted octanol–water partition coefficient (Wildman–Crippen LogP) is 1.75. The number of methoxy groups -OCH3 is 1. The van der Waals surface area contributed by atoms with Crippen molar-refractivity contribution in [2.45, 2.75) is 12.3 Å². The van der Waals surface area contributed by atoms with E-state index in [1.165, 1.54) is 35.2 Å². The number of hydrogen-bond acceptors (Lipinski definition) is 5. The van der Waals surface area contributed by atoms with Crippen LogP contribution in [-0.2, 0) is 13.2 Å². The SMILES string of the molecule is COc1nn(C)cc1C(=O)N1CC(Oc2ncccc2C(F)(F)F)C1. The standard InChI is InChI=1S/C15H15F3N4O3/c1-21-8-10(12(20-21)24-2)14(23)22-6-9(7-22)25-13-11(15(16,17)18)4-3-5-19-13/h3-5,8-9H,6-7H2,1-2H3. The molecule has 7 nitrogen and oxygen atoms in total. The van der Waals surface area contributed by atoms with Crippen molar-refractivity contribution in [3.63, 3.8) is 0 Å². The fourth-order valence-corrected chi connectivity index (χ4v) is 2.47. The van der Waals surface area contributed by atoms with Crippen LogP contribution in [0.15, 0.2) is 24.5 Å². The lowest BCUT2D eigenvalue weighted by atomic mass is 10.1. The van der Waals surface area contributed by atoms with Crippen LogP contribution in [0.5, 0.6) is 11.8 Å². The Hall–Kier alpha value is -2.78. The molecular weight excluding hydrogens is 341 g/mol. The van der Waals surface area contributed by atoms with Crippen LogP contribution < -0.4 is 9.47 Å². The summed E-state index contributed by atoms with van der Waals surface area (Å²) in [6.45, 7) is 0.315. The largest absolute Gasteiger partial charge is 0.479 e. The Kier molecular flexibility index (Phi) is 4.27. The molecule has 1 amide bonds. The minimum absolute atomic E-state index is 0.157. The van der Waals surface area contributed by atoms with Crippen molar-refractivity contribution in [2.24, 2.45) is 7.05 Å². The molecule has 0 N–H and O–H groups in total. The van der Waals surface area contributed by atoms with Gasteiger partial charge in [0.2, 0.25) is 11.8 Å². The van der Waals surface area contributed by atoms with Crippen molar-refractivity contribution in [1.82, 2.24) is 19.7 Å². The second kappa shape index (κ2) is 6.26. The van der Waals surface area contributed by atoms with Crippen LogP contribution in [0.25, 0.3) is 0 Å². The molecule has 2 aromatic heterocycles. The third-order valence-corrected chi connectivity index (χ3v) is 3.71. The number of carbonyl (C=O) groups excluding carboxylic acids is 1. The second-order valence-electron chi connectivity index (χ2n) is 5.53. The molecule has 1 fully saturated rings. The lowest BCUT2D eigenvalue weighted by Gasteiger charge is -2.38. The van der Waals surface area contributed by atoms with Gasteiger partial charge >= 0.3 is 6.18 Å². The van der Waals surface area contributed by atoms with E-state index >= 15 is 0 Å². The maximum Gasteiger partial charge on any atom is 0.421 e. The number of likely N-dealkylation sites (tertiary alicyclic amines) is 1. The molecule has 3 rings (SSSR count). The minimum atomic E-state index is -4.55. The number of alkyl halides is 3. The normalized spacial score (nSPS) is 15.0. The van der Waals surface area contributed by atoms with Gasteiger partial charge in [-0.3, -0.25) is 9.48 Å². The van der Waals surface area contributed by atoms with Crippen LogP contribution >= 0.6 is 0 Å². The Morgan fingerprint density at radius 1 is 1.32 bits per heavy atom. The summed E-state index contributed by atoms with van der Waals surface area (Å²) in [4.78, 5) is 17.5. The maximum absolute atomic E-state index is 12.9. The van der Waals surface area contributed by atoms with E-state index in [9.17, 15) is 18.0 Å². The summed E-state index contributed by atoms with van der Waals surface area (Å²) in [6.07, 6.45) is -2.35.